The van der Waals surface area contributed by atoms with Crippen LogP contribution in [0, 0.1) is 34.5 Å². The van der Waals surface area contributed by atoms with Crippen molar-refractivity contribution in [3.8, 4) is 0 Å². The number of hydrogen-bond donors (Lipinski definition) is 4. The predicted octanol–water partition coefficient (Wildman–Crippen LogP) is 1.43. The van der Waals surface area contributed by atoms with E-state index in [4.69, 9.17) is 0 Å². The highest BCUT2D eigenvalue weighted by molar-refractivity contribution is 5.86. The van der Waals surface area contributed by atoms with Crippen molar-refractivity contribution >= 4 is 5.78 Å². The van der Waals surface area contributed by atoms with Gasteiger partial charge in [-0.15, -0.1) is 0 Å². The smallest absolute Gasteiger partial charge is 0.161 e. The van der Waals surface area contributed by atoms with Crippen LogP contribution >= 0.6 is 0 Å². The summed E-state index contributed by atoms with van der Waals surface area (Å²) in [6.07, 6.45) is 4.68. The van der Waals surface area contributed by atoms with E-state index in [1.54, 1.807) is 0 Å². The summed E-state index contributed by atoms with van der Waals surface area (Å²) < 4.78 is 0. The number of carbonyl (C=O) groups is 1. The van der Waals surface area contributed by atoms with E-state index in [0.29, 0.717) is 19.3 Å². The second-order valence-corrected chi connectivity index (χ2v) is 9.82. The Kier molecular flexibility index (Phi) is 4.03. The Hall–Kier alpha value is -0.750. The lowest BCUT2D eigenvalue weighted by atomic mass is 9.44. The van der Waals surface area contributed by atoms with Crippen LogP contribution < -0.4 is 0 Å². The number of aliphatic hydroxyl groups excluding tert-OH is 3. The van der Waals surface area contributed by atoms with E-state index in [0.717, 1.165) is 12.8 Å². The monoisotopic (exact) mass is 364 g/mol. The number of aliphatic hydroxyl groups is 4. The summed E-state index contributed by atoms with van der Waals surface area (Å²) in [5.74, 6) is -0.300. The second kappa shape index (κ2) is 5.63. The zero-order valence-electron chi connectivity index (χ0n) is 15.9. The summed E-state index contributed by atoms with van der Waals surface area (Å²) >= 11 is 0. The van der Waals surface area contributed by atoms with E-state index in [-0.39, 0.29) is 34.9 Å². The number of ketones is 1. The summed E-state index contributed by atoms with van der Waals surface area (Å²) in [5.41, 5.74) is -2.16. The minimum Gasteiger partial charge on any atom is -0.390 e. The summed E-state index contributed by atoms with van der Waals surface area (Å²) in [6, 6.07) is 0. The molecule has 3 fully saturated rings. The number of fused-ring (bicyclic) bond motifs is 5. The van der Waals surface area contributed by atoms with Crippen LogP contribution in [0.5, 0.6) is 0 Å². The van der Waals surface area contributed by atoms with Crippen molar-refractivity contribution in [2.45, 2.75) is 76.8 Å². The van der Waals surface area contributed by atoms with Crippen LogP contribution in [0.2, 0.25) is 0 Å². The molecule has 4 rings (SSSR count). The Morgan fingerprint density at radius 2 is 1.65 bits per heavy atom. The van der Waals surface area contributed by atoms with Gasteiger partial charge in [-0.25, -0.2) is 0 Å². The van der Waals surface area contributed by atoms with E-state index in [9.17, 15) is 25.2 Å². The lowest BCUT2D eigenvalue weighted by Gasteiger charge is -2.62. The molecule has 0 aliphatic heterocycles. The van der Waals surface area contributed by atoms with Crippen LogP contribution in [-0.2, 0) is 4.79 Å². The maximum absolute atomic E-state index is 12.3. The molecule has 1 unspecified atom stereocenters. The van der Waals surface area contributed by atoms with Crippen molar-refractivity contribution in [1.29, 1.82) is 0 Å². The minimum atomic E-state index is -1.33. The summed E-state index contributed by atoms with van der Waals surface area (Å²) in [4.78, 5) is 12.3. The summed E-state index contributed by atoms with van der Waals surface area (Å²) in [6.45, 7) is 5.60. The molecular formula is C21H32O5. The highest BCUT2D eigenvalue weighted by atomic mass is 16.3. The van der Waals surface area contributed by atoms with Gasteiger partial charge in [-0.1, -0.05) is 26.0 Å². The Bertz CT molecular complexity index is 646. The van der Waals surface area contributed by atoms with Gasteiger partial charge in [0.25, 0.3) is 0 Å². The number of allylic oxidation sites excluding steroid dienone is 1. The molecular weight excluding hydrogens is 332 g/mol. The molecule has 5 nitrogen and oxygen atoms in total. The first-order valence-corrected chi connectivity index (χ1v) is 10.0. The molecule has 146 valence electrons. The standard InChI is InChI=1S/C21H32O5/c1-11(22)21(26)9-6-14-16-13(5-8-20(14,21)3)19(2)7-4-12(23)10-15(19)17(24)18(16)25/h4,7,12-18,23-26H,5-6,8-10H2,1-3H3/t12-,13-,14-,15?,16+,17+,18+,19+,20-,21-/m0/s1. The van der Waals surface area contributed by atoms with Crippen molar-refractivity contribution in [3.05, 3.63) is 12.2 Å². The van der Waals surface area contributed by atoms with Gasteiger partial charge >= 0.3 is 0 Å². The van der Waals surface area contributed by atoms with E-state index >= 15 is 0 Å². The first kappa shape index (κ1) is 18.6. The van der Waals surface area contributed by atoms with Crippen molar-refractivity contribution < 1.29 is 25.2 Å². The molecule has 5 heteroatoms. The number of hydrogen-bond acceptors (Lipinski definition) is 5. The van der Waals surface area contributed by atoms with Crippen LogP contribution in [0.25, 0.3) is 0 Å². The molecule has 0 aromatic heterocycles. The molecule has 4 aliphatic rings. The van der Waals surface area contributed by atoms with Crippen LogP contribution in [0.15, 0.2) is 12.2 Å². The Balaban J connectivity index is 1.77. The minimum absolute atomic E-state index is 0.0119. The summed E-state index contributed by atoms with van der Waals surface area (Å²) in [7, 11) is 0. The molecule has 0 bridgehead atoms. The molecule has 4 N–H and O–H groups in total. The Labute approximate surface area is 155 Å². The molecule has 0 spiro atoms. The quantitative estimate of drug-likeness (QED) is 0.528. The van der Waals surface area contributed by atoms with Gasteiger partial charge in [-0.3, -0.25) is 4.79 Å². The maximum atomic E-state index is 12.3. The normalized spacial score (nSPS) is 58.7. The fourth-order valence-electron chi connectivity index (χ4n) is 7.40. The Morgan fingerprint density at radius 3 is 2.31 bits per heavy atom. The third-order valence-electron chi connectivity index (χ3n) is 8.99. The largest absolute Gasteiger partial charge is 0.390 e. The van der Waals surface area contributed by atoms with Crippen molar-refractivity contribution in [1.82, 2.24) is 0 Å². The van der Waals surface area contributed by atoms with Gasteiger partial charge < -0.3 is 20.4 Å². The van der Waals surface area contributed by atoms with Gasteiger partial charge in [0.1, 0.15) is 5.60 Å². The number of carbonyl (C=O) groups excluding carboxylic acids is 1. The van der Waals surface area contributed by atoms with E-state index in [2.05, 4.69) is 6.92 Å². The fourth-order valence-corrected chi connectivity index (χ4v) is 7.40. The van der Waals surface area contributed by atoms with E-state index in [1.165, 1.54) is 6.92 Å². The number of rotatable bonds is 1. The molecule has 0 aromatic carbocycles. The maximum Gasteiger partial charge on any atom is 0.161 e. The number of Topliss-reactive ketones (excluding diaryl/α,β-unsaturated/α-hetero) is 1. The lowest BCUT2D eigenvalue weighted by molar-refractivity contribution is -0.210. The molecule has 0 amide bonds. The van der Waals surface area contributed by atoms with Gasteiger partial charge in [-0.05, 0) is 68.1 Å². The molecule has 4 aliphatic carbocycles. The van der Waals surface area contributed by atoms with Crippen LogP contribution in [0.1, 0.15) is 52.9 Å². The molecule has 0 radical (unpaired) electrons. The molecule has 0 heterocycles. The van der Waals surface area contributed by atoms with E-state index < -0.39 is 29.3 Å². The first-order chi connectivity index (χ1) is 12.1. The molecule has 3 saturated carbocycles. The van der Waals surface area contributed by atoms with Crippen molar-refractivity contribution in [3.63, 3.8) is 0 Å². The van der Waals surface area contributed by atoms with Gasteiger partial charge in [-0.2, -0.15) is 0 Å². The van der Waals surface area contributed by atoms with Gasteiger partial charge in [0.2, 0.25) is 0 Å². The highest BCUT2D eigenvalue weighted by Crippen LogP contribution is 2.67. The van der Waals surface area contributed by atoms with E-state index in [1.807, 2.05) is 19.1 Å². The molecule has 0 saturated heterocycles. The topological polar surface area (TPSA) is 98.0 Å². The predicted molar refractivity (Wildman–Crippen MR) is 96.1 cm³/mol. The zero-order chi connectivity index (χ0) is 19.1. The van der Waals surface area contributed by atoms with Crippen molar-refractivity contribution in [2.24, 2.45) is 34.5 Å². The van der Waals surface area contributed by atoms with Gasteiger partial charge in [0.15, 0.2) is 5.78 Å². The summed E-state index contributed by atoms with van der Waals surface area (Å²) in [5, 5.41) is 43.2. The average Bonchev–Trinajstić information content (AvgIpc) is 2.87. The second-order valence-electron chi connectivity index (χ2n) is 9.82. The fraction of sp³-hybridized carbons (Fsp3) is 0.857. The lowest BCUT2D eigenvalue weighted by Crippen LogP contribution is -2.65. The molecule has 0 aromatic rings. The highest BCUT2D eigenvalue weighted by Gasteiger charge is 2.68. The third-order valence-corrected chi connectivity index (χ3v) is 8.99. The SMILES string of the molecule is CC(=O)[C@@]1(O)CC[C@H]2[C@@H]3[C@@H](O)[C@H](O)C4C[C@@H](O)C=C[C@]4(C)[C@H]3CC[C@@]21C. The third kappa shape index (κ3) is 2.09. The Morgan fingerprint density at radius 1 is 1.00 bits per heavy atom. The van der Waals surface area contributed by atoms with Crippen LogP contribution in [-0.4, -0.2) is 50.1 Å². The average molecular weight is 364 g/mol. The van der Waals surface area contributed by atoms with Crippen LogP contribution in [0.3, 0.4) is 0 Å². The van der Waals surface area contributed by atoms with Gasteiger partial charge in [0.05, 0.1) is 18.3 Å². The molecule has 10 atom stereocenters. The van der Waals surface area contributed by atoms with Crippen molar-refractivity contribution in [2.75, 3.05) is 0 Å². The molecule has 26 heavy (non-hydrogen) atoms. The zero-order valence-corrected chi connectivity index (χ0v) is 15.9. The first-order valence-electron chi connectivity index (χ1n) is 10.0. The van der Waals surface area contributed by atoms with Crippen LogP contribution in [0.4, 0.5) is 0 Å². The van der Waals surface area contributed by atoms with Gasteiger partial charge in [0, 0.05) is 5.41 Å².